The first-order valence-corrected chi connectivity index (χ1v) is 13.7. The second-order valence-electron chi connectivity index (χ2n) is 10.6. The number of ether oxygens (including phenoxy) is 5. The molecule has 1 aliphatic carbocycles. The standard InChI is InChI=1S/C30H30N2O9/c33-22-14-17-32(28(36)31-22)25-23-24(40-30(39-23)15-8-3-9-16-30)29(41-25,18-37-26(34)20-10-4-1-5-11-20)19-38-27(35)21-12-6-2-7-13-21/h1-2,4-7,10-14,17,23-25H,3,8-9,15-16,18-19H2,(H,31,33,36)/t23-,24+,25-/m1/s1. The van der Waals surface area contributed by atoms with Crippen molar-refractivity contribution in [2.75, 3.05) is 13.2 Å². The summed E-state index contributed by atoms with van der Waals surface area (Å²) in [6.07, 6.45) is 2.67. The molecule has 3 atom stereocenters. The molecule has 1 aromatic heterocycles. The Morgan fingerprint density at radius 1 is 0.805 bits per heavy atom. The van der Waals surface area contributed by atoms with Crippen molar-refractivity contribution < 1.29 is 33.3 Å². The van der Waals surface area contributed by atoms with Crippen LogP contribution >= 0.6 is 0 Å². The van der Waals surface area contributed by atoms with Crippen molar-refractivity contribution in [2.45, 2.75) is 61.9 Å². The number of esters is 2. The smallest absolute Gasteiger partial charge is 0.338 e. The number of aromatic amines is 1. The fourth-order valence-corrected chi connectivity index (χ4v) is 5.76. The molecular weight excluding hydrogens is 532 g/mol. The predicted octanol–water partition coefficient (Wildman–Crippen LogP) is 2.96. The van der Waals surface area contributed by atoms with Gasteiger partial charge >= 0.3 is 17.6 Å². The van der Waals surface area contributed by atoms with E-state index in [4.69, 9.17) is 23.7 Å². The topological polar surface area (TPSA) is 135 Å². The van der Waals surface area contributed by atoms with Crippen molar-refractivity contribution >= 4 is 11.9 Å². The molecule has 2 saturated heterocycles. The summed E-state index contributed by atoms with van der Waals surface area (Å²) in [5, 5.41) is 0. The maximum atomic E-state index is 13.0. The highest BCUT2D eigenvalue weighted by Gasteiger charge is 2.66. The first kappa shape index (κ1) is 27.1. The lowest BCUT2D eigenvalue weighted by Gasteiger charge is -2.37. The molecule has 0 amide bonds. The second kappa shape index (κ2) is 11.1. The summed E-state index contributed by atoms with van der Waals surface area (Å²) in [4.78, 5) is 52.9. The average Bonchev–Trinajstić information content (AvgIpc) is 3.50. The Morgan fingerprint density at radius 3 is 1.95 bits per heavy atom. The number of carbonyl (C=O) groups excluding carboxylic acids is 2. The maximum absolute atomic E-state index is 13.0. The molecule has 0 bridgehead atoms. The number of hydrogen-bond acceptors (Lipinski definition) is 9. The molecule has 3 aliphatic rings. The molecule has 11 nitrogen and oxygen atoms in total. The van der Waals surface area contributed by atoms with Crippen LogP contribution in [0.1, 0.15) is 59.0 Å². The highest BCUT2D eigenvalue weighted by molar-refractivity contribution is 5.90. The van der Waals surface area contributed by atoms with Crippen molar-refractivity contribution in [3.63, 3.8) is 0 Å². The fourth-order valence-electron chi connectivity index (χ4n) is 5.76. The van der Waals surface area contributed by atoms with Crippen molar-refractivity contribution in [2.24, 2.45) is 0 Å². The Hall–Kier alpha value is -4.06. The van der Waals surface area contributed by atoms with Gasteiger partial charge in [-0.1, -0.05) is 42.8 Å². The van der Waals surface area contributed by atoms with Gasteiger partial charge in [-0.3, -0.25) is 14.3 Å². The molecule has 0 unspecified atom stereocenters. The Labute approximate surface area is 235 Å². The van der Waals surface area contributed by atoms with Gasteiger partial charge < -0.3 is 23.7 Å². The largest absolute Gasteiger partial charge is 0.459 e. The summed E-state index contributed by atoms with van der Waals surface area (Å²) in [5.41, 5.74) is -2.12. The van der Waals surface area contributed by atoms with Gasteiger partial charge in [0.25, 0.3) is 5.56 Å². The maximum Gasteiger partial charge on any atom is 0.338 e. The zero-order chi connectivity index (χ0) is 28.5. The van der Waals surface area contributed by atoms with Gasteiger partial charge in [0.2, 0.25) is 0 Å². The highest BCUT2D eigenvalue weighted by atomic mass is 16.8. The number of H-pyrrole nitrogens is 1. The van der Waals surface area contributed by atoms with E-state index in [1.54, 1.807) is 60.7 Å². The number of fused-ring (bicyclic) bond motifs is 1. The normalized spacial score (nSPS) is 24.0. The van der Waals surface area contributed by atoms with Crippen LogP contribution in [0.5, 0.6) is 0 Å². The van der Waals surface area contributed by atoms with Crippen LogP contribution in [-0.2, 0) is 23.7 Å². The van der Waals surface area contributed by atoms with Crippen molar-refractivity contribution in [3.8, 4) is 0 Å². The number of nitrogens with one attached hydrogen (secondary N) is 1. The minimum Gasteiger partial charge on any atom is -0.459 e. The molecule has 1 N–H and O–H groups in total. The summed E-state index contributed by atoms with van der Waals surface area (Å²) in [5.74, 6) is -2.12. The average molecular weight is 563 g/mol. The highest BCUT2D eigenvalue weighted by Crippen LogP contribution is 2.52. The van der Waals surface area contributed by atoms with Crippen LogP contribution in [0.3, 0.4) is 0 Å². The van der Waals surface area contributed by atoms with Gasteiger partial charge in [-0.2, -0.15) is 0 Å². The lowest BCUT2D eigenvalue weighted by atomic mass is 9.94. The number of carbonyl (C=O) groups is 2. The first-order chi connectivity index (χ1) is 19.9. The molecule has 3 heterocycles. The second-order valence-corrected chi connectivity index (χ2v) is 10.6. The molecule has 214 valence electrons. The van der Waals surface area contributed by atoms with Crippen molar-refractivity contribution in [3.05, 3.63) is 105 Å². The van der Waals surface area contributed by atoms with E-state index < -0.39 is 53.0 Å². The molecule has 1 spiro atoms. The molecule has 11 heteroatoms. The molecule has 3 fully saturated rings. The van der Waals surface area contributed by atoms with Gasteiger partial charge in [0.05, 0.1) is 11.1 Å². The van der Waals surface area contributed by atoms with E-state index >= 15 is 0 Å². The van der Waals surface area contributed by atoms with E-state index in [1.807, 2.05) is 0 Å². The third-order valence-corrected chi connectivity index (χ3v) is 7.80. The van der Waals surface area contributed by atoms with E-state index in [0.29, 0.717) is 24.0 Å². The number of hydrogen-bond donors (Lipinski definition) is 1. The van der Waals surface area contributed by atoms with E-state index in [9.17, 15) is 19.2 Å². The van der Waals surface area contributed by atoms with Gasteiger partial charge in [-0.25, -0.2) is 14.4 Å². The van der Waals surface area contributed by atoms with Crippen molar-refractivity contribution in [1.82, 2.24) is 9.55 Å². The quantitative estimate of drug-likeness (QED) is 0.431. The van der Waals surface area contributed by atoms with E-state index in [0.717, 1.165) is 19.3 Å². The van der Waals surface area contributed by atoms with Crippen LogP contribution in [0, 0.1) is 0 Å². The summed E-state index contributed by atoms with van der Waals surface area (Å²) < 4.78 is 32.3. The Balaban J connectivity index is 1.36. The fraction of sp³-hybridized carbons (Fsp3) is 0.400. The number of aromatic nitrogens is 2. The van der Waals surface area contributed by atoms with Crippen LogP contribution in [-0.4, -0.2) is 58.3 Å². The monoisotopic (exact) mass is 562 g/mol. The van der Waals surface area contributed by atoms with E-state index in [-0.39, 0.29) is 13.2 Å². The van der Waals surface area contributed by atoms with Gasteiger partial charge in [0, 0.05) is 25.1 Å². The minimum atomic E-state index is -1.53. The van der Waals surface area contributed by atoms with Crippen LogP contribution in [0.2, 0.25) is 0 Å². The third-order valence-electron chi connectivity index (χ3n) is 7.80. The summed E-state index contributed by atoms with van der Waals surface area (Å²) >= 11 is 0. The molecule has 2 aromatic carbocycles. The summed E-state index contributed by atoms with van der Waals surface area (Å²) in [6, 6.07) is 18.1. The van der Waals surface area contributed by atoms with Crippen LogP contribution in [0.15, 0.2) is 82.5 Å². The Morgan fingerprint density at radius 2 is 1.39 bits per heavy atom. The molecular formula is C30H30N2O9. The van der Waals surface area contributed by atoms with Crippen LogP contribution in [0.25, 0.3) is 0 Å². The van der Waals surface area contributed by atoms with Crippen LogP contribution in [0.4, 0.5) is 0 Å². The molecule has 2 aliphatic heterocycles. The SMILES string of the molecule is O=C(OCC1(COC(=O)c2ccccc2)O[C@@H](n2ccc(=O)[nH]c2=O)[C@@H]2OC3(CCCCC3)O[C@@H]21)c1ccccc1. The van der Waals surface area contributed by atoms with Gasteiger partial charge in [-0.05, 0) is 37.1 Å². The number of rotatable bonds is 7. The predicted molar refractivity (Wildman–Crippen MR) is 143 cm³/mol. The van der Waals surface area contributed by atoms with E-state index in [2.05, 4.69) is 4.98 Å². The van der Waals surface area contributed by atoms with Gasteiger partial charge in [-0.15, -0.1) is 0 Å². The van der Waals surface area contributed by atoms with Crippen LogP contribution < -0.4 is 11.2 Å². The lowest BCUT2D eigenvalue weighted by Crippen LogP contribution is -2.52. The molecule has 3 aromatic rings. The first-order valence-electron chi connectivity index (χ1n) is 13.7. The molecule has 0 radical (unpaired) electrons. The third kappa shape index (κ3) is 5.35. The molecule has 41 heavy (non-hydrogen) atoms. The Kier molecular flexibility index (Phi) is 7.33. The van der Waals surface area contributed by atoms with Gasteiger partial charge in [0.15, 0.2) is 17.6 Å². The molecule has 1 saturated carbocycles. The summed E-state index contributed by atoms with van der Waals surface area (Å²) in [7, 11) is 0. The minimum absolute atomic E-state index is 0.333. The number of nitrogens with zero attached hydrogens (tertiary/aromatic N) is 1. The lowest BCUT2D eigenvalue weighted by molar-refractivity contribution is -0.257. The number of benzene rings is 2. The van der Waals surface area contributed by atoms with Crippen molar-refractivity contribution in [1.29, 1.82) is 0 Å². The molecule has 6 rings (SSSR count). The van der Waals surface area contributed by atoms with E-state index in [1.165, 1.54) is 16.8 Å². The zero-order valence-electron chi connectivity index (χ0n) is 22.2. The van der Waals surface area contributed by atoms with Gasteiger partial charge in [0.1, 0.15) is 25.4 Å². The Bertz CT molecular complexity index is 1460. The summed E-state index contributed by atoms with van der Waals surface area (Å²) in [6.45, 7) is -0.698. The zero-order valence-corrected chi connectivity index (χ0v) is 22.2.